The van der Waals surface area contributed by atoms with E-state index in [1.165, 1.54) is 44.9 Å². The van der Waals surface area contributed by atoms with Gasteiger partial charge in [-0.05, 0) is 6.42 Å². The largest absolute Gasteiger partial charge is 0.480 e. The number of nitrogens with two attached hydrogens (primary N) is 1. The van der Waals surface area contributed by atoms with E-state index in [9.17, 15) is 4.79 Å². The zero-order valence-electron chi connectivity index (χ0n) is 12.5. The summed E-state index contributed by atoms with van der Waals surface area (Å²) in [5.41, 5.74) is 5.37. The van der Waals surface area contributed by atoms with Crippen LogP contribution in [0.5, 0.6) is 0 Å². The maximum absolute atomic E-state index is 11.0. The lowest BCUT2D eigenvalue weighted by atomic mass is 10.0. The number of rotatable bonds is 14. The van der Waals surface area contributed by atoms with Gasteiger partial charge in [0.1, 0.15) is 6.04 Å². The average Bonchev–Trinajstić information content (AvgIpc) is 2.39. The molecule has 4 nitrogen and oxygen atoms in total. The lowest BCUT2D eigenvalue weighted by Crippen LogP contribution is -2.39. The summed E-state index contributed by atoms with van der Waals surface area (Å²) in [7, 11) is 0. The third-order valence-electron chi connectivity index (χ3n) is 3.43. The van der Waals surface area contributed by atoms with Crippen LogP contribution in [-0.4, -0.2) is 30.2 Å². The molecule has 0 rings (SSSR count). The van der Waals surface area contributed by atoms with Crippen molar-refractivity contribution in [2.75, 3.05) is 13.1 Å². The fourth-order valence-corrected chi connectivity index (χ4v) is 2.23. The maximum atomic E-state index is 11.0. The summed E-state index contributed by atoms with van der Waals surface area (Å²) >= 11 is 0. The van der Waals surface area contributed by atoms with Crippen molar-refractivity contribution in [3.05, 3.63) is 0 Å². The summed E-state index contributed by atoms with van der Waals surface area (Å²) in [4.78, 5) is 11.0. The van der Waals surface area contributed by atoms with E-state index in [0.29, 0.717) is 19.5 Å². The van der Waals surface area contributed by atoms with Gasteiger partial charge >= 0.3 is 5.97 Å². The van der Waals surface area contributed by atoms with Crippen molar-refractivity contribution in [3.63, 3.8) is 0 Å². The third kappa shape index (κ3) is 12.2. The molecule has 0 saturated heterocycles. The maximum Gasteiger partial charge on any atom is 0.320 e. The molecule has 0 aromatic rings. The molecule has 0 fully saturated rings. The quantitative estimate of drug-likeness (QED) is 0.425. The zero-order valence-corrected chi connectivity index (χ0v) is 12.5. The Hall–Kier alpha value is -0.610. The van der Waals surface area contributed by atoms with E-state index >= 15 is 0 Å². The second kappa shape index (κ2) is 13.8. The summed E-state index contributed by atoms with van der Waals surface area (Å²) in [6, 6.07) is -0.423. The minimum absolute atomic E-state index is 0.423. The Kier molecular flexibility index (Phi) is 13.4. The summed E-state index contributed by atoms with van der Waals surface area (Å²) in [5.74, 6) is -0.756. The van der Waals surface area contributed by atoms with E-state index in [0.717, 1.165) is 12.8 Å². The molecule has 114 valence electrons. The Morgan fingerprint density at radius 2 is 1.58 bits per heavy atom. The standard InChI is InChI=1S/C15H32N2O2/c1-2-3-4-5-6-7-8-9-10-11-14(15(18)19)17-13-12-16/h14,17H,2-13,16H2,1H3,(H,18,19). The lowest BCUT2D eigenvalue weighted by molar-refractivity contribution is -0.139. The SMILES string of the molecule is CCCCCCCCCCCC(NCCN)C(=O)O. The highest BCUT2D eigenvalue weighted by Gasteiger charge is 2.14. The highest BCUT2D eigenvalue weighted by molar-refractivity contribution is 5.73. The third-order valence-corrected chi connectivity index (χ3v) is 3.43. The minimum Gasteiger partial charge on any atom is -0.480 e. The molecule has 0 aliphatic rings. The second-order valence-electron chi connectivity index (χ2n) is 5.25. The molecular weight excluding hydrogens is 240 g/mol. The number of unbranched alkanes of at least 4 members (excludes halogenated alkanes) is 8. The predicted molar refractivity (Wildman–Crippen MR) is 80.3 cm³/mol. The average molecular weight is 272 g/mol. The van der Waals surface area contributed by atoms with Crippen molar-refractivity contribution in [1.29, 1.82) is 0 Å². The summed E-state index contributed by atoms with van der Waals surface area (Å²) in [5, 5.41) is 12.0. The molecular formula is C15H32N2O2. The van der Waals surface area contributed by atoms with Gasteiger partial charge in [0.25, 0.3) is 0 Å². The molecule has 1 unspecified atom stereocenters. The Morgan fingerprint density at radius 3 is 2.05 bits per heavy atom. The molecule has 0 bridgehead atoms. The number of aliphatic carboxylic acids is 1. The van der Waals surface area contributed by atoms with Gasteiger partial charge in [0.05, 0.1) is 0 Å². The van der Waals surface area contributed by atoms with Crippen molar-refractivity contribution in [2.24, 2.45) is 5.73 Å². The second-order valence-corrected chi connectivity index (χ2v) is 5.25. The molecule has 0 aliphatic heterocycles. The van der Waals surface area contributed by atoms with Crippen molar-refractivity contribution in [2.45, 2.75) is 77.2 Å². The van der Waals surface area contributed by atoms with Crippen LogP contribution >= 0.6 is 0 Å². The van der Waals surface area contributed by atoms with Gasteiger partial charge in [0.2, 0.25) is 0 Å². The van der Waals surface area contributed by atoms with Crippen LogP contribution in [0.2, 0.25) is 0 Å². The molecule has 0 aromatic carbocycles. The molecule has 19 heavy (non-hydrogen) atoms. The normalized spacial score (nSPS) is 12.5. The van der Waals surface area contributed by atoms with Gasteiger partial charge in [-0.3, -0.25) is 4.79 Å². The highest BCUT2D eigenvalue weighted by Crippen LogP contribution is 2.11. The molecule has 1 atom stereocenters. The summed E-state index contributed by atoms with van der Waals surface area (Å²) < 4.78 is 0. The smallest absolute Gasteiger partial charge is 0.320 e. The van der Waals surface area contributed by atoms with Crippen LogP contribution < -0.4 is 11.1 Å². The van der Waals surface area contributed by atoms with Crippen LogP contribution in [0.4, 0.5) is 0 Å². The molecule has 4 heteroatoms. The number of carboxylic acids is 1. The van der Waals surface area contributed by atoms with E-state index in [-0.39, 0.29) is 0 Å². The van der Waals surface area contributed by atoms with E-state index in [2.05, 4.69) is 12.2 Å². The van der Waals surface area contributed by atoms with Gasteiger partial charge < -0.3 is 16.2 Å². The number of carboxylic acid groups (broad SMARTS) is 1. The number of hydrogen-bond donors (Lipinski definition) is 3. The highest BCUT2D eigenvalue weighted by atomic mass is 16.4. The summed E-state index contributed by atoms with van der Waals surface area (Å²) in [6.45, 7) is 3.30. The Labute approximate surface area is 118 Å². The first-order chi connectivity index (χ1) is 9.22. The van der Waals surface area contributed by atoms with Gasteiger partial charge in [-0.15, -0.1) is 0 Å². The van der Waals surface area contributed by atoms with Gasteiger partial charge in [-0.25, -0.2) is 0 Å². The first-order valence-electron chi connectivity index (χ1n) is 7.88. The first kappa shape index (κ1) is 18.4. The van der Waals surface area contributed by atoms with Gasteiger partial charge in [-0.1, -0.05) is 64.7 Å². The molecule has 0 spiro atoms. The van der Waals surface area contributed by atoms with Gasteiger partial charge in [0.15, 0.2) is 0 Å². The predicted octanol–water partition coefficient (Wildman–Crippen LogP) is 2.91. The Bertz CT molecular complexity index is 210. The van der Waals surface area contributed by atoms with Crippen LogP contribution in [0.1, 0.15) is 71.1 Å². The molecule has 0 aromatic heterocycles. The van der Waals surface area contributed by atoms with Crippen LogP contribution in [0.25, 0.3) is 0 Å². The Balaban J connectivity index is 3.37. The fraction of sp³-hybridized carbons (Fsp3) is 0.933. The van der Waals surface area contributed by atoms with Gasteiger partial charge in [0, 0.05) is 13.1 Å². The molecule has 0 amide bonds. The Morgan fingerprint density at radius 1 is 1.05 bits per heavy atom. The fourth-order valence-electron chi connectivity index (χ4n) is 2.23. The van der Waals surface area contributed by atoms with Crippen molar-refractivity contribution in [1.82, 2.24) is 5.32 Å². The van der Waals surface area contributed by atoms with E-state index in [4.69, 9.17) is 10.8 Å². The van der Waals surface area contributed by atoms with E-state index in [1.807, 2.05) is 0 Å². The summed E-state index contributed by atoms with van der Waals surface area (Å²) in [6.07, 6.45) is 12.1. The van der Waals surface area contributed by atoms with Crippen LogP contribution in [-0.2, 0) is 4.79 Å². The van der Waals surface area contributed by atoms with Crippen molar-refractivity contribution in [3.8, 4) is 0 Å². The van der Waals surface area contributed by atoms with Crippen molar-refractivity contribution >= 4 is 5.97 Å². The van der Waals surface area contributed by atoms with E-state index < -0.39 is 12.0 Å². The zero-order chi connectivity index (χ0) is 14.3. The number of nitrogens with one attached hydrogen (secondary N) is 1. The van der Waals surface area contributed by atoms with Crippen molar-refractivity contribution < 1.29 is 9.90 Å². The first-order valence-corrected chi connectivity index (χ1v) is 7.88. The monoisotopic (exact) mass is 272 g/mol. The minimum atomic E-state index is -0.756. The topological polar surface area (TPSA) is 75.3 Å². The molecule has 0 radical (unpaired) electrons. The van der Waals surface area contributed by atoms with Gasteiger partial charge in [-0.2, -0.15) is 0 Å². The molecule has 0 saturated carbocycles. The lowest BCUT2D eigenvalue weighted by Gasteiger charge is -2.13. The van der Waals surface area contributed by atoms with Crippen LogP contribution in [0, 0.1) is 0 Å². The number of carbonyl (C=O) groups is 1. The molecule has 0 aliphatic carbocycles. The number of hydrogen-bond acceptors (Lipinski definition) is 3. The van der Waals surface area contributed by atoms with Crippen LogP contribution in [0.3, 0.4) is 0 Å². The van der Waals surface area contributed by atoms with E-state index in [1.54, 1.807) is 0 Å². The van der Waals surface area contributed by atoms with Crippen LogP contribution in [0.15, 0.2) is 0 Å². The molecule has 0 heterocycles. The molecule has 4 N–H and O–H groups in total.